The van der Waals surface area contributed by atoms with Crippen LogP contribution in [0.25, 0.3) is 0 Å². The molecule has 0 spiro atoms. The van der Waals surface area contributed by atoms with Crippen LogP contribution in [0.5, 0.6) is 0 Å². The second-order valence-corrected chi connectivity index (χ2v) is 6.49. The van der Waals surface area contributed by atoms with Crippen molar-refractivity contribution in [2.45, 2.75) is 65.3 Å². The largest absolute Gasteiger partial charge is 0.349 e. The van der Waals surface area contributed by atoms with Gasteiger partial charge in [0.15, 0.2) is 6.29 Å². The van der Waals surface area contributed by atoms with E-state index in [2.05, 4.69) is 20.8 Å². The van der Waals surface area contributed by atoms with Crippen molar-refractivity contribution < 1.29 is 14.3 Å². The Bertz CT molecular complexity index is 315. The fourth-order valence-electron chi connectivity index (χ4n) is 2.66. The van der Waals surface area contributed by atoms with E-state index in [-0.39, 0.29) is 18.3 Å². The number of ether oxygens (including phenoxy) is 2. The Morgan fingerprint density at radius 1 is 1.40 bits per heavy atom. The van der Waals surface area contributed by atoms with E-state index in [0.717, 1.165) is 19.3 Å². The van der Waals surface area contributed by atoms with E-state index in [1.54, 1.807) is 0 Å². The van der Waals surface area contributed by atoms with Gasteiger partial charge in [-0.1, -0.05) is 27.2 Å². The third-order valence-electron chi connectivity index (χ3n) is 4.19. The number of carbonyl (C=O) groups excluding carboxylic acids is 1. The predicted octanol–water partition coefficient (Wildman–Crippen LogP) is 2.81. The number of carbonyl (C=O) groups is 1. The zero-order valence-corrected chi connectivity index (χ0v) is 13.1. The molecule has 20 heavy (non-hydrogen) atoms. The van der Waals surface area contributed by atoms with Gasteiger partial charge in [0.25, 0.3) is 0 Å². The number of morpholine rings is 1. The van der Waals surface area contributed by atoms with Gasteiger partial charge >= 0.3 is 0 Å². The maximum Gasteiger partial charge on any atom is 0.223 e. The van der Waals surface area contributed by atoms with Gasteiger partial charge in [-0.05, 0) is 31.1 Å². The highest BCUT2D eigenvalue weighted by atomic mass is 16.7. The number of nitrogens with zero attached hydrogens (tertiary/aromatic N) is 1. The lowest BCUT2D eigenvalue weighted by atomic mass is 10.0. The summed E-state index contributed by atoms with van der Waals surface area (Å²) in [6.07, 6.45) is 5.31. The van der Waals surface area contributed by atoms with E-state index in [1.165, 1.54) is 12.8 Å². The molecule has 0 N–H and O–H groups in total. The zero-order chi connectivity index (χ0) is 14.5. The molecule has 4 nitrogen and oxygen atoms in total. The summed E-state index contributed by atoms with van der Waals surface area (Å²) in [5.41, 5.74) is 0. The average Bonchev–Trinajstić information content (AvgIpc) is 3.22. The highest BCUT2D eigenvalue weighted by Gasteiger charge is 2.31. The molecule has 0 aromatic rings. The van der Waals surface area contributed by atoms with Crippen molar-refractivity contribution in [3.05, 3.63) is 0 Å². The van der Waals surface area contributed by atoms with E-state index >= 15 is 0 Å². The normalized spacial score (nSPS) is 25.0. The van der Waals surface area contributed by atoms with Gasteiger partial charge in [-0.2, -0.15) is 0 Å². The molecule has 1 saturated carbocycles. The first-order chi connectivity index (χ1) is 9.60. The lowest BCUT2D eigenvalue weighted by Crippen LogP contribution is -2.48. The number of amides is 1. The summed E-state index contributed by atoms with van der Waals surface area (Å²) in [6.45, 7) is 8.44. The van der Waals surface area contributed by atoms with Crippen molar-refractivity contribution in [3.63, 3.8) is 0 Å². The minimum atomic E-state index is -0.245. The molecule has 2 rings (SSSR count). The minimum Gasteiger partial charge on any atom is -0.349 e. The Kier molecular flexibility index (Phi) is 5.85. The SMILES string of the molecule is CCCC(OC1CN(C(=O)CC2CC2)CCO1)C(C)C. The van der Waals surface area contributed by atoms with Crippen molar-refractivity contribution in [1.82, 2.24) is 4.90 Å². The molecule has 1 heterocycles. The van der Waals surface area contributed by atoms with Gasteiger partial charge in [-0.15, -0.1) is 0 Å². The van der Waals surface area contributed by atoms with Crippen molar-refractivity contribution in [2.75, 3.05) is 19.7 Å². The molecule has 4 heteroatoms. The highest BCUT2D eigenvalue weighted by molar-refractivity contribution is 5.76. The Hall–Kier alpha value is -0.610. The van der Waals surface area contributed by atoms with Gasteiger partial charge in [0, 0.05) is 13.0 Å². The molecule has 1 aliphatic carbocycles. The molecule has 0 aromatic carbocycles. The Labute approximate surface area is 122 Å². The Morgan fingerprint density at radius 3 is 2.75 bits per heavy atom. The second-order valence-electron chi connectivity index (χ2n) is 6.49. The van der Waals surface area contributed by atoms with Crippen LogP contribution in [0, 0.1) is 11.8 Å². The first kappa shape index (κ1) is 15.8. The predicted molar refractivity (Wildman–Crippen MR) is 78.3 cm³/mol. The van der Waals surface area contributed by atoms with Crippen molar-refractivity contribution in [1.29, 1.82) is 0 Å². The molecule has 1 amide bonds. The summed E-state index contributed by atoms with van der Waals surface area (Å²) >= 11 is 0. The van der Waals surface area contributed by atoms with E-state index in [4.69, 9.17) is 9.47 Å². The number of hydrogen-bond donors (Lipinski definition) is 0. The van der Waals surface area contributed by atoms with Crippen LogP contribution in [0.1, 0.15) is 52.9 Å². The zero-order valence-electron chi connectivity index (χ0n) is 13.1. The van der Waals surface area contributed by atoms with Crippen LogP contribution in [-0.4, -0.2) is 42.9 Å². The van der Waals surface area contributed by atoms with Gasteiger partial charge in [-0.25, -0.2) is 0 Å². The van der Waals surface area contributed by atoms with Gasteiger partial charge in [0.1, 0.15) is 0 Å². The summed E-state index contributed by atoms with van der Waals surface area (Å²) in [6, 6.07) is 0. The summed E-state index contributed by atoms with van der Waals surface area (Å²) in [4.78, 5) is 14.1. The monoisotopic (exact) mass is 283 g/mol. The lowest BCUT2D eigenvalue weighted by molar-refractivity contribution is -0.211. The van der Waals surface area contributed by atoms with Crippen LogP contribution in [0.4, 0.5) is 0 Å². The van der Waals surface area contributed by atoms with E-state index < -0.39 is 0 Å². The average molecular weight is 283 g/mol. The third-order valence-corrected chi connectivity index (χ3v) is 4.19. The molecule has 0 radical (unpaired) electrons. The van der Waals surface area contributed by atoms with E-state index in [0.29, 0.717) is 31.5 Å². The number of rotatable bonds is 7. The first-order valence-corrected chi connectivity index (χ1v) is 8.15. The molecule has 2 unspecified atom stereocenters. The topological polar surface area (TPSA) is 38.8 Å². The van der Waals surface area contributed by atoms with Crippen LogP contribution >= 0.6 is 0 Å². The Balaban J connectivity index is 1.80. The molecule has 0 aromatic heterocycles. The summed E-state index contributed by atoms with van der Waals surface area (Å²) in [7, 11) is 0. The molecule has 1 saturated heterocycles. The van der Waals surface area contributed by atoms with Crippen molar-refractivity contribution >= 4 is 5.91 Å². The van der Waals surface area contributed by atoms with Gasteiger partial charge in [0.05, 0.1) is 19.3 Å². The highest BCUT2D eigenvalue weighted by Crippen LogP contribution is 2.33. The smallest absolute Gasteiger partial charge is 0.223 e. The summed E-state index contributed by atoms with van der Waals surface area (Å²) < 4.78 is 11.8. The second kappa shape index (κ2) is 7.41. The van der Waals surface area contributed by atoms with E-state index in [1.807, 2.05) is 4.90 Å². The van der Waals surface area contributed by atoms with Gasteiger partial charge in [-0.3, -0.25) is 4.79 Å². The molecule has 1 aliphatic heterocycles. The fraction of sp³-hybridized carbons (Fsp3) is 0.938. The molecular formula is C16H29NO3. The summed E-state index contributed by atoms with van der Waals surface area (Å²) in [5, 5.41) is 0. The van der Waals surface area contributed by atoms with Gasteiger partial charge in [0.2, 0.25) is 5.91 Å². The van der Waals surface area contributed by atoms with Crippen LogP contribution in [0.15, 0.2) is 0 Å². The fourth-order valence-corrected chi connectivity index (χ4v) is 2.66. The van der Waals surface area contributed by atoms with E-state index in [9.17, 15) is 4.79 Å². The molecule has 0 bridgehead atoms. The molecule has 2 fully saturated rings. The van der Waals surface area contributed by atoms with Crippen LogP contribution in [0.3, 0.4) is 0 Å². The molecule has 2 aliphatic rings. The third kappa shape index (κ3) is 4.74. The molecule has 2 atom stereocenters. The minimum absolute atomic E-state index is 0.225. The molecule has 116 valence electrons. The van der Waals surface area contributed by atoms with Crippen LogP contribution < -0.4 is 0 Å². The van der Waals surface area contributed by atoms with Gasteiger partial charge < -0.3 is 14.4 Å². The first-order valence-electron chi connectivity index (χ1n) is 8.15. The van der Waals surface area contributed by atoms with Crippen LogP contribution in [0.2, 0.25) is 0 Å². The molecular weight excluding hydrogens is 254 g/mol. The maximum absolute atomic E-state index is 12.2. The van der Waals surface area contributed by atoms with Crippen molar-refractivity contribution in [3.8, 4) is 0 Å². The Morgan fingerprint density at radius 2 is 2.15 bits per heavy atom. The van der Waals surface area contributed by atoms with Crippen LogP contribution in [-0.2, 0) is 14.3 Å². The maximum atomic E-state index is 12.2. The lowest BCUT2D eigenvalue weighted by Gasteiger charge is -2.35. The number of hydrogen-bond acceptors (Lipinski definition) is 3. The summed E-state index contributed by atoms with van der Waals surface area (Å²) in [5.74, 6) is 1.41. The standard InChI is InChI=1S/C16H29NO3/c1-4-5-14(12(2)3)20-16-11-17(8-9-19-16)15(18)10-13-6-7-13/h12-14,16H,4-11H2,1-3H3. The van der Waals surface area contributed by atoms with Crippen molar-refractivity contribution in [2.24, 2.45) is 11.8 Å². The quantitative estimate of drug-likeness (QED) is 0.721.